The van der Waals surface area contributed by atoms with Crippen LogP contribution in [0.2, 0.25) is 0 Å². The first kappa shape index (κ1) is 12.6. The number of nitrogens with one attached hydrogen (secondary N) is 1. The number of hydrogen-bond donors (Lipinski definition) is 2. The third-order valence-corrected chi connectivity index (χ3v) is 2.66. The van der Waals surface area contributed by atoms with Crippen LogP contribution in [-0.2, 0) is 0 Å². The minimum Gasteiger partial charge on any atom is -0.494 e. The Bertz CT molecular complexity index is 814. The van der Waals surface area contributed by atoms with Crippen LogP contribution in [0.25, 0.3) is 5.69 Å². The van der Waals surface area contributed by atoms with E-state index >= 15 is 0 Å². The fraction of sp³-hybridized carbons (Fsp3) is 0.0833. The van der Waals surface area contributed by atoms with Crippen molar-refractivity contribution in [3.8, 4) is 17.6 Å². The zero-order valence-electron chi connectivity index (χ0n) is 9.77. The van der Waals surface area contributed by atoms with Gasteiger partial charge in [0.15, 0.2) is 0 Å². The van der Waals surface area contributed by atoms with E-state index in [1.54, 1.807) is 6.07 Å². The molecule has 0 aliphatic heterocycles. The third-order valence-electron chi connectivity index (χ3n) is 2.66. The van der Waals surface area contributed by atoms with Crippen LogP contribution in [0.5, 0.6) is 5.88 Å². The number of aromatic amines is 1. The Morgan fingerprint density at radius 3 is 2.74 bits per heavy atom. The molecule has 0 fully saturated rings. The fourth-order valence-corrected chi connectivity index (χ4v) is 1.65. The first-order valence-electron chi connectivity index (χ1n) is 5.21. The molecule has 0 aliphatic rings. The minimum absolute atomic E-state index is 0.104. The van der Waals surface area contributed by atoms with E-state index in [-0.39, 0.29) is 11.3 Å². The van der Waals surface area contributed by atoms with E-state index in [0.29, 0.717) is 4.57 Å². The fourth-order valence-electron chi connectivity index (χ4n) is 1.65. The minimum atomic E-state index is -0.949. The van der Waals surface area contributed by atoms with Gasteiger partial charge in [-0.2, -0.15) is 5.26 Å². The molecule has 0 bridgehead atoms. The van der Waals surface area contributed by atoms with Gasteiger partial charge in [0.25, 0.3) is 5.56 Å². The van der Waals surface area contributed by atoms with Gasteiger partial charge in [-0.1, -0.05) is 6.07 Å². The van der Waals surface area contributed by atoms with Gasteiger partial charge in [-0.25, -0.2) is 13.8 Å². The van der Waals surface area contributed by atoms with Crippen molar-refractivity contribution in [1.82, 2.24) is 9.55 Å². The van der Waals surface area contributed by atoms with Gasteiger partial charge in [0, 0.05) is 0 Å². The van der Waals surface area contributed by atoms with Crippen LogP contribution in [-0.4, -0.2) is 14.7 Å². The summed E-state index contributed by atoms with van der Waals surface area (Å²) in [6.07, 6.45) is 0. The molecule has 7 heteroatoms. The molecule has 19 heavy (non-hydrogen) atoms. The lowest BCUT2D eigenvalue weighted by atomic mass is 10.1. The Morgan fingerprint density at radius 2 is 2.11 bits per heavy atom. The molecule has 0 amide bonds. The standard InChI is InChI=1S/C12H8FN3O3/c1-6-10(17)15-12(19)16(11(6)18)9-4-2-3-8(13)7(9)5-14/h2-4,18H,1H3,(H,15,17,19). The van der Waals surface area contributed by atoms with E-state index in [1.807, 2.05) is 4.98 Å². The maximum atomic E-state index is 13.5. The third kappa shape index (κ3) is 1.89. The Morgan fingerprint density at radius 1 is 1.42 bits per heavy atom. The topological polar surface area (TPSA) is 98.9 Å². The molecule has 2 N–H and O–H groups in total. The number of halogens is 1. The van der Waals surface area contributed by atoms with Crippen molar-refractivity contribution < 1.29 is 9.50 Å². The van der Waals surface area contributed by atoms with Gasteiger partial charge in [0.2, 0.25) is 5.88 Å². The molecule has 6 nitrogen and oxygen atoms in total. The molecule has 96 valence electrons. The number of nitrogens with zero attached hydrogens (tertiary/aromatic N) is 2. The Kier molecular flexibility index (Phi) is 2.92. The molecule has 0 saturated carbocycles. The molecule has 2 rings (SSSR count). The second kappa shape index (κ2) is 4.42. The van der Waals surface area contributed by atoms with Gasteiger partial charge in [-0.05, 0) is 19.1 Å². The number of rotatable bonds is 1. The van der Waals surface area contributed by atoms with E-state index in [4.69, 9.17) is 5.26 Å². The average Bonchev–Trinajstić information content (AvgIpc) is 2.36. The summed E-state index contributed by atoms with van der Waals surface area (Å²) < 4.78 is 14.2. The van der Waals surface area contributed by atoms with Crippen LogP contribution < -0.4 is 11.2 Å². The summed E-state index contributed by atoms with van der Waals surface area (Å²) in [5.41, 5.74) is -2.33. The van der Waals surface area contributed by atoms with E-state index in [9.17, 15) is 19.1 Å². The Labute approximate surface area is 106 Å². The number of benzene rings is 1. The summed E-state index contributed by atoms with van der Waals surface area (Å²) in [5.74, 6) is -1.45. The molecular formula is C12H8FN3O3. The zero-order valence-corrected chi connectivity index (χ0v) is 9.77. The van der Waals surface area contributed by atoms with Crippen molar-refractivity contribution in [1.29, 1.82) is 5.26 Å². The molecule has 2 aromatic rings. The SMILES string of the molecule is Cc1c(O)n(-c2cccc(F)c2C#N)c(=O)[nH]c1=O. The lowest BCUT2D eigenvalue weighted by molar-refractivity contribution is 0.425. The zero-order chi connectivity index (χ0) is 14.2. The van der Waals surface area contributed by atoms with E-state index in [0.717, 1.165) is 6.07 Å². The quantitative estimate of drug-likeness (QED) is 0.783. The average molecular weight is 261 g/mol. The summed E-state index contributed by atoms with van der Waals surface area (Å²) in [6.45, 7) is 1.30. The Hall–Kier alpha value is -2.88. The van der Waals surface area contributed by atoms with Crippen LogP contribution in [0.1, 0.15) is 11.1 Å². The summed E-state index contributed by atoms with van der Waals surface area (Å²) in [4.78, 5) is 25.0. The van der Waals surface area contributed by atoms with Crippen LogP contribution in [0, 0.1) is 24.1 Å². The molecule has 0 aliphatic carbocycles. The van der Waals surface area contributed by atoms with Gasteiger partial charge in [-0.3, -0.25) is 9.78 Å². The van der Waals surface area contributed by atoms with Crippen molar-refractivity contribution in [3.05, 3.63) is 56.0 Å². The monoisotopic (exact) mass is 261 g/mol. The first-order chi connectivity index (χ1) is 8.97. The highest BCUT2D eigenvalue weighted by Crippen LogP contribution is 2.20. The van der Waals surface area contributed by atoms with Gasteiger partial charge in [-0.15, -0.1) is 0 Å². The highest BCUT2D eigenvalue weighted by Gasteiger charge is 2.16. The molecule has 1 aromatic carbocycles. The van der Waals surface area contributed by atoms with Gasteiger partial charge < -0.3 is 5.11 Å². The summed E-state index contributed by atoms with van der Waals surface area (Å²) >= 11 is 0. The lowest BCUT2D eigenvalue weighted by Crippen LogP contribution is -2.30. The smallest absolute Gasteiger partial charge is 0.335 e. The van der Waals surface area contributed by atoms with Crippen LogP contribution in [0.3, 0.4) is 0 Å². The van der Waals surface area contributed by atoms with Crippen LogP contribution >= 0.6 is 0 Å². The van der Waals surface area contributed by atoms with E-state index in [1.165, 1.54) is 19.1 Å². The van der Waals surface area contributed by atoms with Crippen LogP contribution in [0.4, 0.5) is 4.39 Å². The van der Waals surface area contributed by atoms with Crippen molar-refractivity contribution in [3.63, 3.8) is 0 Å². The second-order valence-electron chi connectivity index (χ2n) is 3.79. The normalized spacial score (nSPS) is 10.2. The van der Waals surface area contributed by atoms with Gasteiger partial charge >= 0.3 is 5.69 Å². The maximum Gasteiger partial charge on any atom is 0.335 e. The largest absolute Gasteiger partial charge is 0.494 e. The molecule has 0 atom stereocenters. The van der Waals surface area contributed by atoms with Crippen molar-refractivity contribution >= 4 is 0 Å². The maximum absolute atomic E-state index is 13.5. The van der Waals surface area contributed by atoms with Crippen molar-refractivity contribution in [2.75, 3.05) is 0 Å². The van der Waals surface area contributed by atoms with Gasteiger partial charge in [0.1, 0.15) is 17.4 Å². The van der Waals surface area contributed by atoms with Crippen molar-refractivity contribution in [2.45, 2.75) is 6.92 Å². The number of aromatic hydroxyl groups is 1. The van der Waals surface area contributed by atoms with Crippen LogP contribution in [0.15, 0.2) is 27.8 Å². The number of nitriles is 1. The molecule has 0 saturated heterocycles. The van der Waals surface area contributed by atoms with Crippen molar-refractivity contribution in [2.24, 2.45) is 0 Å². The summed E-state index contributed by atoms with van der Waals surface area (Å²) in [6, 6.07) is 5.25. The molecular weight excluding hydrogens is 253 g/mol. The molecule has 1 aromatic heterocycles. The van der Waals surface area contributed by atoms with E-state index < -0.39 is 28.5 Å². The highest BCUT2D eigenvalue weighted by atomic mass is 19.1. The first-order valence-corrected chi connectivity index (χ1v) is 5.21. The molecule has 0 unspecified atom stereocenters. The number of H-pyrrole nitrogens is 1. The Balaban J connectivity index is 2.93. The highest BCUT2D eigenvalue weighted by molar-refractivity contribution is 5.51. The number of hydrogen-bond acceptors (Lipinski definition) is 4. The summed E-state index contributed by atoms with van der Waals surface area (Å²) in [7, 11) is 0. The van der Waals surface area contributed by atoms with Gasteiger partial charge in [0.05, 0.1) is 11.3 Å². The van der Waals surface area contributed by atoms with E-state index in [2.05, 4.69) is 0 Å². The second-order valence-corrected chi connectivity index (χ2v) is 3.79. The summed E-state index contributed by atoms with van der Waals surface area (Å²) in [5, 5.41) is 18.7. The predicted octanol–water partition coefficient (Wildman–Crippen LogP) is 0.551. The number of aromatic nitrogens is 2. The molecule has 0 spiro atoms. The predicted molar refractivity (Wildman–Crippen MR) is 63.7 cm³/mol. The lowest BCUT2D eigenvalue weighted by Gasteiger charge is -2.11. The molecule has 1 heterocycles. The molecule has 0 radical (unpaired) electrons.